The van der Waals surface area contributed by atoms with Crippen LogP contribution in [-0.2, 0) is 10.9 Å². The lowest BCUT2D eigenvalue weighted by Crippen LogP contribution is -2.37. The van der Waals surface area contributed by atoms with Gasteiger partial charge in [-0.3, -0.25) is 16.1 Å². The Morgan fingerprint density at radius 1 is 1.32 bits per heavy atom. The fourth-order valence-corrected chi connectivity index (χ4v) is 2.29. The molecule has 4 N–H and O–H groups in total. The van der Waals surface area contributed by atoms with Gasteiger partial charge in [-0.1, -0.05) is 0 Å². The molecule has 1 aliphatic heterocycles. The molecule has 2 aromatic rings. The molecule has 0 saturated carbocycles. The Morgan fingerprint density at radius 3 is 2.68 bits per heavy atom. The normalized spacial score (nSPS) is 15.4. The maximum Gasteiger partial charge on any atom is 0.421 e. The van der Waals surface area contributed by atoms with Gasteiger partial charge < -0.3 is 15.0 Å². The summed E-state index contributed by atoms with van der Waals surface area (Å²) in [4.78, 5) is 9.92. The molecule has 0 unspecified atom stereocenters. The Balaban J connectivity index is 2.05. The number of fused-ring (bicyclic) bond motifs is 1. The molecule has 136 valence electrons. The molecule has 10 nitrogen and oxygen atoms in total. The van der Waals surface area contributed by atoms with E-state index in [-0.39, 0.29) is 24.3 Å². The van der Waals surface area contributed by atoms with Crippen LogP contribution >= 0.6 is 0 Å². The van der Waals surface area contributed by atoms with Crippen LogP contribution in [0, 0.1) is 5.41 Å². The highest BCUT2D eigenvalue weighted by Crippen LogP contribution is 2.32. The fraction of sp³-hybridized carbons (Fsp3) is 0.500. The first-order chi connectivity index (χ1) is 11.9. The number of rotatable bonds is 4. The zero-order valence-electron chi connectivity index (χ0n) is 12.8. The summed E-state index contributed by atoms with van der Waals surface area (Å²) in [5.74, 6) is -0.210. The van der Waals surface area contributed by atoms with Gasteiger partial charge in [0.25, 0.3) is 0 Å². The maximum atomic E-state index is 13.2. The van der Waals surface area contributed by atoms with Crippen molar-refractivity contribution in [2.75, 3.05) is 43.1 Å². The van der Waals surface area contributed by atoms with Crippen molar-refractivity contribution in [3.05, 3.63) is 11.8 Å². The number of ether oxygens (including phenoxy) is 1. The molecule has 13 heteroatoms. The van der Waals surface area contributed by atoms with Gasteiger partial charge in [0.15, 0.2) is 5.65 Å². The second-order valence-electron chi connectivity index (χ2n) is 5.18. The highest BCUT2D eigenvalue weighted by Gasteiger charge is 2.36. The molecular weight excluding hydrogens is 345 g/mol. The van der Waals surface area contributed by atoms with Crippen LogP contribution in [-0.4, -0.2) is 63.5 Å². The summed E-state index contributed by atoms with van der Waals surface area (Å²) >= 11 is 0. The molecular formula is C12H15F3N8O2. The Bertz CT molecular complexity index is 772. The van der Waals surface area contributed by atoms with Crippen LogP contribution < -0.4 is 15.7 Å². The summed E-state index contributed by atoms with van der Waals surface area (Å²) in [6, 6.07) is 0. The lowest BCUT2D eigenvalue weighted by Gasteiger charge is -2.27. The maximum absolute atomic E-state index is 13.2. The summed E-state index contributed by atoms with van der Waals surface area (Å²) in [6.07, 6.45) is -3.94. The van der Waals surface area contributed by atoms with Gasteiger partial charge in [-0.15, -0.1) is 0 Å². The van der Waals surface area contributed by atoms with Crippen molar-refractivity contribution in [2.24, 2.45) is 0 Å². The molecule has 1 fully saturated rings. The topological polar surface area (TPSA) is 124 Å². The van der Waals surface area contributed by atoms with Crippen LogP contribution in [0.15, 0.2) is 6.20 Å². The number of amidine groups is 1. The van der Waals surface area contributed by atoms with E-state index in [1.165, 1.54) is 0 Å². The number of hydrogen-bond donors (Lipinski definition) is 4. The molecule has 3 rings (SSSR count). The van der Waals surface area contributed by atoms with E-state index in [2.05, 4.69) is 20.4 Å². The van der Waals surface area contributed by atoms with Gasteiger partial charge in [-0.05, 0) is 0 Å². The minimum Gasteiger partial charge on any atom is -0.378 e. The van der Waals surface area contributed by atoms with Crippen molar-refractivity contribution in [3.63, 3.8) is 0 Å². The smallest absolute Gasteiger partial charge is 0.378 e. The van der Waals surface area contributed by atoms with Crippen molar-refractivity contribution in [1.29, 1.82) is 5.41 Å². The molecule has 0 aliphatic carbocycles. The van der Waals surface area contributed by atoms with Crippen molar-refractivity contribution >= 4 is 23.4 Å². The zero-order chi connectivity index (χ0) is 18.0. The third kappa shape index (κ3) is 3.56. The highest BCUT2D eigenvalue weighted by molar-refractivity contribution is 5.81. The number of aromatic nitrogens is 4. The van der Waals surface area contributed by atoms with Gasteiger partial charge in [0.1, 0.15) is 11.4 Å². The first-order valence-electron chi connectivity index (χ1n) is 7.27. The van der Waals surface area contributed by atoms with E-state index < -0.39 is 17.4 Å². The summed E-state index contributed by atoms with van der Waals surface area (Å²) in [7, 11) is 0. The van der Waals surface area contributed by atoms with Crippen LogP contribution in [0.5, 0.6) is 0 Å². The zero-order valence-corrected chi connectivity index (χ0v) is 12.8. The number of anilines is 2. The monoisotopic (exact) mass is 360 g/mol. The van der Waals surface area contributed by atoms with Crippen molar-refractivity contribution in [3.8, 4) is 0 Å². The Morgan fingerprint density at radius 2 is 2.04 bits per heavy atom. The Kier molecular flexibility index (Phi) is 4.59. The minimum absolute atomic E-state index is 0.0259. The Labute approximate surface area is 139 Å². The molecule has 0 amide bonds. The highest BCUT2D eigenvalue weighted by atomic mass is 19.4. The van der Waals surface area contributed by atoms with Crippen molar-refractivity contribution in [1.82, 2.24) is 25.1 Å². The number of alkyl halides is 3. The average Bonchev–Trinajstić information content (AvgIpc) is 3.04. The molecule has 2 aromatic heterocycles. The molecule has 0 bridgehead atoms. The number of hydrogen-bond acceptors (Lipinski definition) is 8. The van der Waals surface area contributed by atoms with Crippen molar-refractivity contribution < 1.29 is 23.1 Å². The molecule has 1 saturated heterocycles. The lowest BCUT2D eigenvalue weighted by molar-refractivity contribution is -0.136. The third-order valence-corrected chi connectivity index (χ3v) is 3.51. The van der Waals surface area contributed by atoms with Crippen LogP contribution in [0.2, 0.25) is 0 Å². The predicted molar refractivity (Wildman–Crippen MR) is 80.0 cm³/mol. The van der Waals surface area contributed by atoms with E-state index in [4.69, 9.17) is 15.4 Å². The second-order valence-corrected chi connectivity index (χ2v) is 5.18. The van der Waals surface area contributed by atoms with Crippen LogP contribution in [0.25, 0.3) is 5.65 Å². The van der Waals surface area contributed by atoms with E-state index in [9.17, 15) is 13.2 Å². The number of nitrogens with one attached hydrogen (secondary N) is 3. The SMILES string of the molecule is N=C(CNc1nc(N2CCOCC2)nc2c(C(F)(F)F)cnn12)NO. The number of hydroxylamine groups is 1. The lowest BCUT2D eigenvalue weighted by atomic mass is 10.3. The molecule has 25 heavy (non-hydrogen) atoms. The summed E-state index contributed by atoms with van der Waals surface area (Å²) in [5, 5.41) is 22.3. The fourth-order valence-electron chi connectivity index (χ4n) is 2.29. The molecule has 0 spiro atoms. The van der Waals surface area contributed by atoms with Gasteiger partial charge in [0, 0.05) is 13.1 Å². The van der Waals surface area contributed by atoms with Crippen molar-refractivity contribution in [2.45, 2.75) is 6.18 Å². The summed E-state index contributed by atoms with van der Waals surface area (Å²) < 4.78 is 45.7. The number of morpholine rings is 1. The van der Waals surface area contributed by atoms with Gasteiger partial charge in [-0.25, -0.2) is 0 Å². The predicted octanol–water partition coefficient (Wildman–Crippen LogP) is 0.348. The standard InChI is InChI=1S/C12H15F3N8O2/c13-12(14,15)7-5-18-23-9(7)19-11(22-1-3-25-4-2-22)20-10(23)17-6-8(16)21-24/h5,24H,1-4,6H2,(H2,16,21)(H,17,19,20). The quantitative estimate of drug-likeness (QED) is 0.350. The van der Waals surface area contributed by atoms with Crippen LogP contribution in [0.3, 0.4) is 0 Å². The van der Waals surface area contributed by atoms with Crippen LogP contribution in [0.4, 0.5) is 25.1 Å². The third-order valence-electron chi connectivity index (χ3n) is 3.51. The van der Waals surface area contributed by atoms with E-state index in [0.717, 1.165) is 4.52 Å². The Hall–Kier alpha value is -2.67. The molecule has 0 aromatic carbocycles. The molecule has 3 heterocycles. The van der Waals surface area contributed by atoms with Crippen LogP contribution in [0.1, 0.15) is 5.56 Å². The van der Waals surface area contributed by atoms with Gasteiger partial charge in [0.05, 0.1) is 26.0 Å². The first-order valence-corrected chi connectivity index (χ1v) is 7.27. The average molecular weight is 360 g/mol. The van der Waals surface area contributed by atoms with E-state index in [0.29, 0.717) is 32.5 Å². The second kappa shape index (κ2) is 6.68. The van der Waals surface area contributed by atoms with Gasteiger partial charge in [0.2, 0.25) is 11.9 Å². The first kappa shape index (κ1) is 17.2. The molecule has 1 aliphatic rings. The molecule has 0 atom stereocenters. The van der Waals surface area contributed by atoms with E-state index >= 15 is 0 Å². The number of halogens is 3. The van der Waals surface area contributed by atoms with E-state index in [1.54, 1.807) is 10.4 Å². The minimum atomic E-state index is -4.62. The number of nitrogens with zero attached hydrogens (tertiary/aromatic N) is 5. The largest absolute Gasteiger partial charge is 0.421 e. The summed E-state index contributed by atoms with van der Waals surface area (Å²) in [5.41, 5.74) is 0.254. The molecule has 0 radical (unpaired) electrons. The van der Waals surface area contributed by atoms with E-state index in [1.807, 2.05) is 0 Å². The van der Waals surface area contributed by atoms with Gasteiger partial charge >= 0.3 is 6.18 Å². The summed E-state index contributed by atoms with van der Waals surface area (Å²) in [6.45, 7) is 1.54. The van der Waals surface area contributed by atoms with Gasteiger partial charge in [-0.2, -0.15) is 32.8 Å².